The van der Waals surface area contributed by atoms with Crippen LogP contribution in [-0.2, 0) is 4.79 Å². The van der Waals surface area contributed by atoms with Gasteiger partial charge in [0.2, 0.25) is 5.91 Å². The van der Waals surface area contributed by atoms with E-state index in [2.05, 4.69) is 21.9 Å². The average molecular weight is 489 g/mol. The second-order valence-electron chi connectivity index (χ2n) is 8.55. The van der Waals surface area contributed by atoms with Gasteiger partial charge in [-0.25, -0.2) is 14.8 Å². The normalized spacial score (nSPS) is 16.4. The Bertz CT molecular complexity index is 1410. The highest BCUT2D eigenvalue weighted by Gasteiger charge is 2.33. The van der Waals surface area contributed by atoms with Crippen molar-refractivity contribution in [3.8, 4) is 0 Å². The molecule has 35 heavy (non-hydrogen) atoms. The van der Waals surface area contributed by atoms with E-state index in [0.717, 1.165) is 12.1 Å². The van der Waals surface area contributed by atoms with Crippen molar-refractivity contribution >= 4 is 67.9 Å². The number of piperidine rings is 1. The molecule has 2 aliphatic rings. The molecule has 9 nitrogen and oxygen atoms in total. The molecule has 0 aliphatic carbocycles. The molecule has 0 bridgehead atoms. The Morgan fingerprint density at radius 2 is 2.11 bits per heavy atom. The molecule has 0 spiro atoms. The summed E-state index contributed by atoms with van der Waals surface area (Å²) < 4.78 is 0. The lowest BCUT2D eigenvalue weighted by Crippen LogP contribution is -2.39. The number of carbonyl (C=O) groups excluding carboxylic acids is 3. The molecule has 10 heteroatoms. The lowest BCUT2D eigenvalue weighted by atomic mass is 10.1. The van der Waals surface area contributed by atoms with Crippen molar-refractivity contribution in [3.63, 3.8) is 0 Å². The molecule has 2 aromatic heterocycles. The SMILES string of the molecule is C=CC(=O)N1CCCC(=NC(=O)c2sc3nccc4c3c2NC(=O)N4c2cccc(N(C)C)c2)C1. The fraction of sp³-hybridized carbons (Fsp3) is 0.240. The van der Waals surface area contributed by atoms with Gasteiger partial charge in [-0.15, -0.1) is 11.3 Å². The van der Waals surface area contributed by atoms with Crippen LogP contribution in [0.2, 0.25) is 0 Å². The number of aromatic nitrogens is 1. The summed E-state index contributed by atoms with van der Waals surface area (Å²) in [6, 6.07) is 9.08. The van der Waals surface area contributed by atoms with Gasteiger partial charge in [0.1, 0.15) is 9.71 Å². The van der Waals surface area contributed by atoms with Crippen LogP contribution < -0.4 is 15.1 Å². The molecule has 5 rings (SSSR count). The molecule has 4 amide bonds. The average Bonchev–Trinajstić information content (AvgIpc) is 3.23. The first-order chi connectivity index (χ1) is 16.9. The smallest absolute Gasteiger partial charge is 0.331 e. The number of nitrogens with one attached hydrogen (secondary N) is 1. The van der Waals surface area contributed by atoms with Crippen LogP contribution in [0.4, 0.5) is 27.5 Å². The minimum absolute atomic E-state index is 0.179. The van der Waals surface area contributed by atoms with Gasteiger partial charge in [-0.05, 0) is 43.2 Å². The fourth-order valence-electron chi connectivity index (χ4n) is 4.36. The topological polar surface area (TPSA) is 98.2 Å². The third-order valence-corrected chi connectivity index (χ3v) is 7.14. The molecule has 1 saturated heterocycles. The Hall–Kier alpha value is -4.05. The maximum Gasteiger partial charge on any atom is 0.331 e. The van der Waals surface area contributed by atoms with E-state index < -0.39 is 5.91 Å². The van der Waals surface area contributed by atoms with Gasteiger partial charge in [0.15, 0.2) is 0 Å². The van der Waals surface area contributed by atoms with Crippen LogP contribution in [0.5, 0.6) is 0 Å². The molecular weight excluding hydrogens is 464 g/mol. The van der Waals surface area contributed by atoms with E-state index in [9.17, 15) is 14.4 Å². The zero-order valence-corrected chi connectivity index (χ0v) is 20.3. The number of pyridine rings is 1. The number of nitrogens with zero attached hydrogens (tertiary/aromatic N) is 5. The minimum Gasteiger partial charge on any atom is -0.378 e. The van der Waals surface area contributed by atoms with Gasteiger partial charge in [-0.3, -0.25) is 14.5 Å². The Labute approximate surface area is 206 Å². The third kappa shape index (κ3) is 4.06. The lowest BCUT2D eigenvalue weighted by Gasteiger charge is -2.29. The largest absolute Gasteiger partial charge is 0.378 e. The quantitative estimate of drug-likeness (QED) is 0.548. The highest BCUT2D eigenvalue weighted by atomic mass is 32.1. The molecule has 1 fully saturated rings. The summed E-state index contributed by atoms with van der Waals surface area (Å²) in [5.41, 5.74) is 3.40. The zero-order chi connectivity index (χ0) is 24.7. The van der Waals surface area contributed by atoms with E-state index in [-0.39, 0.29) is 11.9 Å². The number of hydrogen-bond acceptors (Lipinski definition) is 6. The van der Waals surface area contributed by atoms with Crippen molar-refractivity contribution in [1.82, 2.24) is 9.88 Å². The number of anilines is 4. The molecule has 0 atom stereocenters. The second-order valence-corrected chi connectivity index (χ2v) is 9.55. The first-order valence-electron chi connectivity index (χ1n) is 11.2. The van der Waals surface area contributed by atoms with Crippen LogP contribution in [0, 0.1) is 0 Å². The summed E-state index contributed by atoms with van der Waals surface area (Å²) in [4.78, 5) is 53.4. The van der Waals surface area contributed by atoms with Gasteiger partial charge in [0.05, 0.1) is 29.0 Å². The van der Waals surface area contributed by atoms with E-state index in [1.165, 1.54) is 17.4 Å². The third-order valence-electron chi connectivity index (χ3n) is 6.06. The molecule has 0 radical (unpaired) electrons. The highest BCUT2D eigenvalue weighted by molar-refractivity contribution is 7.21. The fourth-order valence-corrected chi connectivity index (χ4v) is 5.36. The van der Waals surface area contributed by atoms with E-state index in [0.29, 0.717) is 57.4 Å². The molecule has 0 saturated carbocycles. The van der Waals surface area contributed by atoms with Crippen LogP contribution >= 0.6 is 11.3 Å². The van der Waals surface area contributed by atoms with Gasteiger partial charge in [-0.2, -0.15) is 0 Å². The number of carbonyl (C=O) groups is 3. The van der Waals surface area contributed by atoms with Gasteiger partial charge in [-0.1, -0.05) is 12.6 Å². The zero-order valence-electron chi connectivity index (χ0n) is 19.4. The predicted molar refractivity (Wildman–Crippen MR) is 139 cm³/mol. The predicted octanol–water partition coefficient (Wildman–Crippen LogP) is 4.44. The van der Waals surface area contributed by atoms with Crippen molar-refractivity contribution in [1.29, 1.82) is 0 Å². The van der Waals surface area contributed by atoms with Crippen LogP contribution in [0.25, 0.3) is 10.2 Å². The monoisotopic (exact) mass is 488 g/mol. The maximum absolute atomic E-state index is 13.3. The minimum atomic E-state index is -0.444. The first kappa shape index (κ1) is 22.7. The van der Waals surface area contributed by atoms with Gasteiger partial charge < -0.3 is 15.1 Å². The van der Waals surface area contributed by atoms with Crippen molar-refractivity contribution in [3.05, 3.63) is 54.1 Å². The Kier molecular flexibility index (Phi) is 5.81. The maximum atomic E-state index is 13.3. The summed E-state index contributed by atoms with van der Waals surface area (Å²) in [5, 5.41) is 3.61. The van der Waals surface area contributed by atoms with Gasteiger partial charge in [0, 0.05) is 38.2 Å². The molecule has 4 heterocycles. The number of benzene rings is 1. The summed E-state index contributed by atoms with van der Waals surface area (Å²) in [7, 11) is 3.88. The molecule has 3 aromatic rings. The lowest BCUT2D eigenvalue weighted by molar-refractivity contribution is -0.125. The summed E-state index contributed by atoms with van der Waals surface area (Å²) in [6.07, 6.45) is 4.27. The number of aliphatic imine (C=N–C) groups is 1. The van der Waals surface area contributed by atoms with Crippen molar-refractivity contribution in [2.75, 3.05) is 42.3 Å². The summed E-state index contributed by atoms with van der Waals surface area (Å²) in [6.45, 7) is 4.44. The Balaban J connectivity index is 1.54. The van der Waals surface area contributed by atoms with Gasteiger partial charge >= 0.3 is 6.03 Å². The summed E-state index contributed by atoms with van der Waals surface area (Å²) >= 11 is 1.20. The van der Waals surface area contributed by atoms with E-state index in [1.807, 2.05) is 43.3 Å². The Morgan fingerprint density at radius 1 is 1.29 bits per heavy atom. The van der Waals surface area contributed by atoms with Gasteiger partial charge in [0.25, 0.3) is 5.91 Å². The number of urea groups is 1. The molecule has 1 N–H and O–H groups in total. The van der Waals surface area contributed by atoms with Crippen LogP contribution in [0.15, 0.2) is 54.2 Å². The van der Waals surface area contributed by atoms with Crippen LogP contribution in [0.1, 0.15) is 22.5 Å². The van der Waals surface area contributed by atoms with Crippen molar-refractivity contribution in [2.24, 2.45) is 4.99 Å². The number of rotatable bonds is 4. The van der Waals surface area contributed by atoms with Crippen LogP contribution in [-0.4, -0.2) is 60.6 Å². The number of amides is 4. The molecule has 1 aromatic carbocycles. The van der Waals surface area contributed by atoms with E-state index >= 15 is 0 Å². The summed E-state index contributed by atoms with van der Waals surface area (Å²) in [5.74, 6) is -0.624. The molecule has 178 valence electrons. The number of thiophene rings is 1. The molecule has 2 aliphatic heterocycles. The number of likely N-dealkylation sites (tertiary alicyclic amines) is 1. The van der Waals surface area contributed by atoms with Crippen molar-refractivity contribution < 1.29 is 14.4 Å². The first-order valence-corrected chi connectivity index (χ1v) is 12.0. The van der Waals surface area contributed by atoms with Crippen molar-refractivity contribution in [2.45, 2.75) is 12.8 Å². The van der Waals surface area contributed by atoms with E-state index in [1.54, 1.807) is 22.1 Å². The molecular formula is C25H24N6O3S. The Morgan fingerprint density at radius 3 is 2.89 bits per heavy atom. The standard InChI is InChI=1S/C25H24N6O3S/c1-4-19(32)30-12-6-7-15(14-30)27-23(33)22-21-20-18(10-11-26-24(20)35-22)31(25(34)28-21)17-9-5-8-16(13-17)29(2)3/h4-5,8-11,13H,1,6-7,12,14H2,2-3H3,(H,28,34). The van der Waals surface area contributed by atoms with E-state index in [4.69, 9.17) is 0 Å². The highest BCUT2D eigenvalue weighted by Crippen LogP contribution is 2.46. The second kappa shape index (κ2) is 8.95. The van der Waals surface area contributed by atoms with Crippen LogP contribution in [0.3, 0.4) is 0 Å². The molecule has 0 unspecified atom stereocenters. The number of hydrogen-bond donors (Lipinski definition) is 1.